The van der Waals surface area contributed by atoms with Crippen LogP contribution in [0.15, 0.2) is 53.0 Å². The largest absolute Gasteiger partial charge is 0.396 e. The van der Waals surface area contributed by atoms with Gasteiger partial charge >= 0.3 is 0 Å². The number of hydrogen-bond acceptors (Lipinski definition) is 1. The Labute approximate surface area is 122 Å². The van der Waals surface area contributed by atoms with Crippen LogP contribution in [0, 0.1) is 5.41 Å². The maximum absolute atomic E-state index is 9.89. The van der Waals surface area contributed by atoms with E-state index in [9.17, 15) is 5.11 Å². The summed E-state index contributed by atoms with van der Waals surface area (Å²) in [5.41, 5.74) is 3.88. The highest BCUT2D eigenvalue weighted by molar-refractivity contribution is 9.10. The van der Waals surface area contributed by atoms with Gasteiger partial charge in [0, 0.05) is 22.4 Å². The van der Waals surface area contributed by atoms with E-state index >= 15 is 0 Å². The lowest BCUT2D eigenvalue weighted by Gasteiger charge is -2.30. The highest BCUT2D eigenvalue weighted by Gasteiger charge is 2.42. The second kappa shape index (κ2) is 4.77. The zero-order valence-electron chi connectivity index (χ0n) is 10.9. The monoisotopic (exact) mass is 316 g/mol. The summed E-state index contributed by atoms with van der Waals surface area (Å²) < 4.78 is 1.11. The van der Waals surface area contributed by atoms with E-state index < -0.39 is 0 Å². The van der Waals surface area contributed by atoms with Crippen LogP contribution < -0.4 is 0 Å². The smallest absolute Gasteiger partial charge is 0.0497 e. The Morgan fingerprint density at radius 2 is 1.95 bits per heavy atom. The van der Waals surface area contributed by atoms with E-state index in [2.05, 4.69) is 65.3 Å². The quantitative estimate of drug-likeness (QED) is 0.883. The normalized spacial score (nSPS) is 25.3. The van der Waals surface area contributed by atoms with Crippen molar-refractivity contribution in [1.82, 2.24) is 0 Å². The van der Waals surface area contributed by atoms with Crippen molar-refractivity contribution >= 4 is 15.9 Å². The molecular formula is C17H17BrO. The van der Waals surface area contributed by atoms with Crippen molar-refractivity contribution in [1.29, 1.82) is 0 Å². The molecule has 19 heavy (non-hydrogen) atoms. The van der Waals surface area contributed by atoms with Gasteiger partial charge in [-0.25, -0.2) is 0 Å². The molecule has 2 aromatic carbocycles. The lowest BCUT2D eigenvalue weighted by atomic mass is 9.75. The minimum atomic E-state index is -0.107. The summed E-state index contributed by atoms with van der Waals surface area (Å²) in [7, 11) is 0. The first-order valence-corrected chi connectivity index (χ1v) is 7.37. The van der Waals surface area contributed by atoms with E-state index in [1.807, 2.05) is 6.07 Å². The van der Waals surface area contributed by atoms with Gasteiger partial charge < -0.3 is 5.11 Å². The topological polar surface area (TPSA) is 20.2 Å². The van der Waals surface area contributed by atoms with Crippen LogP contribution in [0.3, 0.4) is 0 Å². The molecule has 0 heterocycles. The Bertz CT molecular complexity index is 593. The van der Waals surface area contributed by atoms with Gasteiger partial charge in [-0.2, -0.15) is 0 Å². The first kappa shape index (κ1) is 12.9. The summed E-state index contributed by atoms with van der Waals surface area (Å²) in [4.78, 5) is 0. The second-order valence-electron chi connectivity index (χ2n) is 5.68. The van der Waals surface area contributed by atoms with E-state index in [1.165, 1.54) is 16.7 Å². The van der Waals surface area contributed by atoms with Crippen LogP contribution in [0.5, 0.6) is 0 Å². The fourth-order valence-corrected chi connectivity index (χ4v) is 3.66. The van der Waals surface area contributed by atoms with Crippen LogP contribution >= 0.6 is 15.9 Å². The molecule has 0 amide bonds. The van der Waals surface area contributed by atoms with Gasteiger partial charge in [0.05, 0.1) is 0 Å². The molecule has 0 bridgehead atoms. The van der Waals surface area contributed by atoms with Crippen LogP contribution in [0.1, 0.15) is 29.5 Å². The summed E-state index contributed by atoms with van der Waals surface area (Å²) in [6, 6.07) is 17.0. The molecule has 0 fully saturated rings. The van der Waals surface area contributed by atoms with Gasteiger partial charge in [0.15, 0.2) is 0 Å². The van der Waals surface area contributed by atoms with Crippen LogP contribution in [0.25, 0.3) is 0 Å². The SMILES string of the molecule is C[C@@]1(CO)Cc2ccc(Br)cc2[C@@H]1c1ccccc1. The zero-order valence-corrected chi connectivity index (χ0v) is 12.5. The third kappa shape index (κ3) is 2.13. The maximum Gasteiger partial charge on any atom is 0.0497 e. The first-order valence-electron chi connectivity index (χ1n) is 6.58. The van der Waals surface area contributed by atoms with Crippen molar-refractivity contribution in [2.75, 3.05) is 6.61 Å². The van der Waals surface area contributed by atoms with Crippen LogP contribution in [0.2, 0.25) is 0 Å². The molecule has 2 atom stereocenters. The first-order chi connectivity index (χ1) is 9.14. The fraction of sp³-hybridized carbons (Fsp3) is 0.294. The van der Waals surface area contributed by atoms with Crippen molar-refractivity contribution < 1.29 is 5.11 Å². The number of aliphatic hydroxyl groups excluding tert-OH is 1. The second-order valence-corrected chi connectivity index (χ2v) is 6.59. The van der Waals surface area contributed by atoms with Gasteiger partial charge in [-0.1, -0.05) is 59.3 Å². The molecule has 0 saturated heterocycles. The average molecular weight is 317 g/mol. The molecule has 0 aromatic heterocycles. The summed E-state index contributed by atoms with van der Waals surface area (Å²) in [5.74, 6) is 0.270. The van der Waals surface area contributed by atoms with E-state index in [0.29, 0.717) is 0 Å². The number of fused-ring (bicyclic) bond motifs is 1. The summed E-state index contributed by atoms with van der Waals surface area (Å²) >= 11 is 3.56. The number of halogens is 1. The van der Waals surface area contributed by atoms with Crippen LogP contribution in [-0.4, -0.2) is 11.7 Å². The molecule has 0 spiro atoms. The minimum absolute atomic E-state index is 0.107. The lowest BCUT2D eigenvalue weighted by molar-refractivity contribution is 0.136. The van der Waals surface area contributed by atoms with Crippen LogP contribution in [-0.2, 0) is 6.42 Å². The molecule has 2 heteroatoms. The Balaban J connectivity index is 2.17. The van der Waals surface area contributed by atoms with Gasteiger partial charge in [0.2, 0.25) is 0 Å². The van der Waals surface area contributed by atoms with E-state index in [1.54, 1.807) is 0 Å². The Kier molecular flexibility index (Phi) is 3.23. The Morgan fingerprint density at radius 1 is 1.21 bits per heavy atom. The predicted octanol–water partition coefficient (Wildman–Crippen LogP) is 4.14. The molecule has 98 valence electrons. The van der Waals surface area contributed by atoms with Crippen molar-refractivity contribution in [3.8, 4) is 0 Å². The predicted molar refractivity (Wildman–Crippen MR) is 81.3 cm³/mol. The maximum atomic E-state index is 9.89. The summed E-state index contributed by atoms with van der Waals surface area (Å²) in [6.07, 6.45) is 0.936. The zero-order chi connectivity index (χ0) is 13.5. The van der Waals surface area contributed by atoms with Crippen molar-refractivity contribution in [3.05, 3.63) is 69.7 Å². The third-order valence-corrected chi connectivity index (χ3v) is 4.70. The number of aliphatic hydroxyl groups is 1. The lowest BCUT2D eigenvalue weighted by Crippen LogP contribution is -2.27. The van der Waals surface area contributed by atoms with Gasteiger partial charge in [-0.15, -0.1) is 0 Å². The van der Waals surface area contributed by atoms with Crippen LogP contribution in [0.4, 0.5) is 0 Å². The Morgan fingerprint density at radius 3 is 2.63 bits per heavy atom. The van der Waals surface area contributed by atoms with Crippen molar-refractivity contribution in [3.63, 3.8) is 0 Å². The molecule has 1 N–H and O–H groups in total. The summed E-state index contributed by atoms with van der Waals surface area (Å²) in [6.45, 7) is 2.39. The van der Waals surface area contributed by atoms with Gasteiger partial charge in [-0.05, 0) is 35.2 Å². The summed E-state index contributed by atoms with van der Waals surface area (Å²) in [5, 5.41) is 9.89. The van der Waals surface area contributed by atoms with Gasteiger partial charge in [-0.3, -0.25) is 0 Å². The molecule has 1 aliphatic rings. The fourth-order valence-electron chi connectivity index (χ4n) is 3.28. The number of hydrogen-bond donors (Lipinski definition) is 1. The van der Waals surface area contributed by atoms with Gasteiger partial charge in [0.1, 0.15) is 0 Å². The highest BCUT2D eigenvalue weighted by Crippen LogP contribution is 2.50. The van der Waals surface area contributed by atoms with E-state index in [0.717, 1.165) is 10.9 Å². The van der Waals surface area contributed by atoms with Crippen molar-refractivity contribution in [2.24, 2.45) is 5.41 Å². The van der Waals surface area contributed by atoms with E-state index in [-0.39, 0.29) is 17.9 Å². The van der Waals surface area contributed by atoms with Crippen molar-refractivity contribution in [2.45, 2.75) is 19.3 Å². The molecule has 1 aliphatic carbocycles. The molecule has 3 rings (SSSR count). The Hall–Kier alpha value is -1.12. The standard InChI is InChI=1S/C17H17BrO/c1-17(11-19)10-13-7-8-14(18)9-15(13)16(17)12-5-3-2-4-6-12/h2-9,16,19H,10-11H2,1H3/t16-,17-/m0/s1. The third-order valence-electron chi connectivity index (χ3n) is 4.20. The molecule has 1 nitrogen and oxygen atoms in total. The highest BCUT2D eigenvalue weighted by atomic mass is 79.9. The molecule has 2 aromatic rings. The molecule has 0 aliphatic heterocycles. The van der Waals surface area contributed by atoms with Gasteiger partial charge in [0.25, 0.3) is 0 Å². The molecule has 0 saturated carbocycles. The molecular weight excluding hydrogens is 300 g/mol. The molecule has 0 unspecified atom stereocenters. The molecule has 0 radical (unpaired) electrons. The minimum Gasteiger partial charge on any atom is -0.396 e. The van der Waals surface area contributed by atoms with E-state index in [4.69, 9.17) is 0 Å². The number of benzene rings is 2. The number of rotatable bonds is 2. The average Bonchev–Trinajstić information content (AvgIpc) is 2.72.